The monoisotopic (exact) mass is 225 g/mol. The number of thioether (sulfide) groups is 1. The molecule has 0 saturated heterocycles. The maximum absolute atomic E-state index is 9.25. The fraction of sp³-hybridized carbons (Fsp3) is 0.273. The summed E-state index contributed by atoms with van der Waals surface area (Å²) in [4.78, 5) is 0. The lowest BCUT2D eigenvalue weighted by atomic mass is 10.2. The van der Waals surface area contributed by atoms with Crippen LogP contribution in [0.15, 0.2) is 29.7 Å². The van der Waals surface area contributed by atoms with Crippen molar-refractivity contribution in [2.45, 2.75) is 6.54 Å². The Labute approximate surface area is 93.8 Å². The Hall–Kier alpha value is -1.13. The minimum atomic E-state index is -0.0824. The largest absolute Gasteiger partial charge is 0.504 e. The molecule has 0 aliphatic carbocycles. The fourth-order valence-electron chi connectivity index (χ4n) is 1.12. The summed E-state index contributed by atoms with van der Waals surface area (Å²) in [5.41, 5.74) is 0.947. The van der Waals surface area contributed by atoms with Gasteiger partial charge in [-0.25, -0.2) is 0 Å². The summed E-state index contributed by atoms with van der Waals surface area (Å²) >= 11 is 1.66. The molecule has 0 unspecified atom stereocenters. The summed E-state index contributed by atoms with van der Waals surface area (Å²) in [6.07, 6.45) is 4.04. The Balaban J connectivity index is 2.38. The number of nitrogens with one attached hydrogen (secondary N) is 1. The number of rotatable bonds is 5. The summed E-state index contributed by atoms with van der Waals surface area (Å²) in [7, 11) is 0. The van der Waals surface area contributed by atoms with E-state index in [0.29, 0.717) is 6.54 Å². The first kappa shape index (κ1) is 11.9. The first-order valence-electron chi connectivity index (χ1n) is 4.63. The Morgan fingerprint density at radius 3 is 2.80 bits per heavy atom. The van der Waals surface area contributed by atoms with Crippen LogP contribution in [0, 0.1) is 0 Å². The molecule has 0 heterocycles. The van der Waals surface area contributed by atoms with Gasteiger partial charge in [-0.1, -0.05) is 12.1 Å². The highest BCUT2D eigenvalue weighted by Gasteiger charge is 1.99. The van der Waals surface area contributed by atoms with Gasteiger partial charge in [0.25, 0.3) is 0 Å². The van der Waals surface area contributed by atoms with Crippen LogP contribution in [-0.4, -0.2) is 23.0 Å². The molecule has 1 aromatic rings. The van der Waals surface area contributed by atoms with Gasteiger partial charge in [-0.3, -0.25) is 0 Å². The normalized spacial score (nSPS) is 11.0. The van der Waals surface area contributed by atoms with Crippen LogP contribution in [0.1, 0.15) is 5.56 Å². The molecule has 0 aromatic heterocycles. The number of aromatic hydroxyl groups is 2. The number of phenols is 2. The molecule has 3 N–H and O–H groups in total. The Morgan fingerprint density at radius 1 is 1.33 bits per heavy atom. The highest BCUT2D eigenvalue weighted by atomic mass is 32.2. The van der Waals surface area contributed by atoms with Crippen molar-refractivity contribution in [3.05, 3.63) is 35.2 Å². The van der Waals surface area contributed by atoms with Gasteiger partial charge in [-0.15, -0.1) is 11.8 Å². The summed E-state index contributed by atoms with van der Waals surface area (Å²) in [5, 5.41) is 23.6. The predicted octanol–water partition coefficient (Wildman–Crippen LogP) is 2.06. The quantitative estimate of drug-likeness (QED) is 0.530. The van der Waals surface area contributed by atoms with Crippen LogP contribution in [0.3, 0.4) is 0 Å². The van der Waals surface area contributed by atoms with Gasteiger partial charge in [0.2, 0.25) is 0 Å². The molecule has 0 saturated carbocycles. The second-order valence-electron chi connectivity index (χ2n) is 3.06. The topological polar surface area (TPSA) is 52.5 Å². The molecule has 1 aromatic carbocycles. The zero-order valence-corrected chi connectivity index (χ0v) is 9.42. The van der Waals surface area contributed by atoms with E-state index in [1.165, 1.54) is 6.07 Å². The smallest absolute Gasteiger partial charge is 0.157 e. The minimum absolute atomic E-state index is 0.0750. The molecule has 4 heteroatoms. The molecule has 0 amide bonds. The summed E-state index contributed by atoms with van der Waals surface area (Å²) < 4.78 is 0. The van der Waals surface area contributed by atoms with Gasteiger partial charge in [0.15, 0.2) is 11.5 Å². The second-order valence-corrected chi connectivity index (χ2v) is 3.81. The number of benzene rings is 1. The van der Waals surface area contributed by atoms with Crippen molar-refractivity contribution in [3.63, 3.8) is 0 Å². The summed E-state index contributed by atoms with van der Waals surface area (Å²) in [6, 6.07) is 4.82. The predicted molar refractivity (Wildman–Crippen MR) is 64.1 cm³/mol. The molecular weight excluding hydrogens is 210 g/mol. The Bertz CT molecular complexity index is 339. The van der Waals surface area contributed by atoms with Crippen LogP contribution in [0.2, 0.25) is 0 Å². The maximum atomic E-state index is 9.25. The lowest BCUT2D eigenvalue weighted by Gasteiger charge is -2.03. The van der Waals surface area contributed by atoms with Crippen molar-refractivity contribution >= 4 is 11.8 Å². The molecule has 0 radical (unpaired) electrons. The molecule has 0 fully saturated rings. The lowest BCUT2D eigenvalue weighted by Crippen LogP contribution is -2.12. The fourth-order valence-corrected chi connectivity index (χ4v) is 1.41. The second kappa shape index (κ2) is 6.37. The van der Waals surface area contributed by atoms with Crippen LogP contribution in [0.5, 0.6) is 11.5 Å². The molecular formula is C11H15NO2S. The van der Waals surface area contributed by atoms with Gasteiger partial charge in [0.05, 0.1) is 0 Å². The molecule has 15 heavy (non-hydrogen) atoms. The maximum Gasteiger partial charge on any atom is 0.157 e. The zero-order valence-electron chi connectivity index (χ0n) is 8.60. The highest BCUT2D eigenvalue weighted by molar-refractivity contribution is 8.01. The van der Waals surface area contributed by atoms with Gasteiger partial charge >= 0.3 is 0 Å². The van der Waals surface area contributed by atoms with E-state index < -0.39 is 0 Å². The van der Waals surface area contributed by atoms with E-state index in [1.807, 2.05) is 17.7 Å². The average Bonchev–Trinajstić information content (AvgIpc) is 2.23. The molecule has 0 atom stereocenters. The van der Waals surface area contributed by atoms with E-state index >= 15 is 0 Å². The third kappa shape index (κ3) is 4.27. The molecule has 3 nitrogen and oxygen atoms in total. The summed E-state index contributed by atoms with van der Waals surface area (Å²) in [6.45, 7) is 1.47. The first-order chi connectivity index (χ1) is 7.24. The lowest BCUT2D eigenvalue weighted by molar-refractivity contribution is 0.403. The Morgan fingerprint density at radius 2 is 2.13 bits per heavy atom. The minimum Gasteiger partial charge on any atom is -0.504 e. The van der Waals surface area contributed by atoms with Gasteiger partial charge in [0, 0.05) is 13.1 Å². The Kier molecular flexibility index (Phi) is 5.07. The van der Waals surface area contributed by atoms with Crippen molar-refractivity contribution in [2.75, 3.05) is 12.8 Å². The van der Waals surface area contributed by atoms with Crippen LogP contribution in [0.25, 0.3) is 0 Å². The SMILES string of the molecule is CSC=CCNCc1ccc(O)c(O)c1. The highest BCUT2D eigenvalue weighted by Crippen LogP contribution is 2.24. The third-order valence-corrected chi connectivity index (χ3v) is 2.33. The van der Waals surface area contributed by atoms with Crippen LogP contribution in [0.4, 0.5) is 0 Å². The molecule has 0 aliphatic heterocycles. The molecule has 0 bridgehead atoms. The van der Waals surface area contributed by atoms with Gasteiger partial charge < -0.3 is 15.5 Å². The number of phenolic OH excluding ortho intramolecular Hbond substituents is 2. The number of hydrogen-bond donors (Lipinski definition) is 3. The van der Waals surface area contributed by atoms with E-state index in [1.54, 1.807) is 23.9 Å². The first-order valence-corrected chi connectivity index (χ1v) is 5.92. The average molecular weight is 225 g/mol. The standard InChI is InChI=1S/C11H15NO2S/c1-15-6-2-5-12-8-9-3-4-10(13)11(14)7-9/h2-4,6-7,12-14H,5,8H2,1H3. The van der Waals surface area contributed by atoms with Crippen molar-refractivity contribution in [1.29, 1.82) is 0 Å². The van der Waals surface area contributed by atoms with Crippen molar-refractivity contribution in [2.24, 2.45) is 0 Å². The van der Waals surface area contributed by atoms with Crippen LogP contribution >= 0.6 is 11.8 Å². The van der Waals surface area contributed by atoms with Crippen LogP contribution in [-0.2, 0) is 6.54 Å². The van der Waals surface area contributed by atoms with Gasteiger partial charge in [-0.05, 0) is 29.4 Å². The van der Waals surface area contributed by atoms with E-state index in [2.05, 4.69) is 5.32 Å². The summed E-state index contributed by atoms with van der Waals surface area (Å²) in [5.74, 6) is -0.157. The zero-order chi connectivity index (χ0) is 11.1. The number of hydrogen-bond acceptors (Lipinski definition) is 4. The van der Waals surface area contributed by atoms with Gasteiger partial charge in [-0.2, -0.15) is 0 Å². The van der Waals surface area contributed by atoms with E-state index in [9.17, 15) is 5.11 Å². The molecule has 0 aliphatic rings. The van der Waals surface area contributed by atoms with E-state index in [0.717, 1.165) is 12.1 Å². The van der Waals surface area contributed by atoms with E-state index in [-0.39, 0.29) is 11.5 Å². The molecule has 0 spiro atoms. The van der Waals surface area contributed by atoms with Gasteiger partial charge in [0.1, 0.15) is 0 Å². The van der Waals surface area contributed by atoms with Crippen molar-refractivity contribution < 1.29 is 10.2 Å². The molecule has 82 valence electrons. The third-order valence-electron chi connectivity index (χ3n) is 1.86. The van der Waals surface area contributed by atoms with Crippen LogP contribution < -0.4 is 5.32 Å². The van der Waals surface area contributed by atoms with Crippen molar-refractivity contribution in [1.82, 2.24) is 5.32 Å². The van der Waals surface area contributed by atoms with Crippen molar-refractivity contribution in [3.8, 4) is 11.5 Å². The van der Waals surface area contributed by atoms with E-state index in [4.69, 9.17) is 5.11 Å². The molecule has 1 rings (SSSR count).